The van der Waals surface area contributed by atoms with Gasteiger partial charge in [0.15, 0.2) is 0 Å². The van der Waals surface area contributed by atoms with E-state index in [-0.39, 0.29) is 28.7 Å². The lowest BCUT2D eigenvalue weighted by Gasteiger charge is -2.14. The van der Waals surface area contributed by atoms with Crippen molar-refractivity contribution in [1.29, 1.82) is 0 Å². The molecule has 1 aromatic carbocycles. The number of carbonyl (C=O) groups is 1. The van der Waals surface area contributed by atoms with E-state index in [4.69, 9.17) is 0 Å². The number of aryl methyl sites for hydroxylation is 1. The molecule has 3 aromatic rings. The average molecular weight is 338 g/mol. The van der Waals surface area contributed by atoms with Crippen LogP contribution in [0.4, 0.5) is 0 Å². The fraction of sp³-hybridized carbons (Fsp3) is 0.222. The van der Waals surface area contributed by atoms with E-state index in [0.29, 0.717) is 0 Å². The highest BCUT2D eigenvalue weighted by atomic mass is 16.2. The number of rotatable bonds is 3. The van der Waals surface area contributed by atoms with Crippen molar-refractivity contribution in [1.82, 2.24) is 19.4 Å². The smallest absolute Gasteiger partial charge is 0.332 e. The Morgan fingerprint density at radius 3 is 2.40 bits per heavy atom. The van der Waals surface area contributed by atoms with E-state index in [1.807, 2.05) is 37.3 Å². The minimum Gasteiger partial charge on any atom is -0.344 e. The van der Waals surface area contributed by atoms with Gasteiger partial charge in [-0.05, 0) is 24.6 Å². The lowest BCUT2D eigenvalue weighted by atomic mass is 10.1. The van der Waals surface area contributed by atoms with Crippen LogP contribution in [-0.4, -0.2) is 20.0 Å². The van der Waals surface area contributed by atoms with Crippen molar-refractivity contribution in [3.05, 3.63) is 74.6 Å². The first-order valence-corrected chi connectivity index (χ1v) is 7.82. The summed E-state index contributed by atoms with van der Waals surface area (Å²) >= 11 is 0. The number of nitrogens with one attached hydrogen (secondary N) is 1. The van der Waals surface area contributed by atoms with Gasteiger partial charge in [-0.15, -0.1) is 0 Å². The van der Waals surface area contributed by atoms with Gasteiger partial charge in [-0.2, -0.15) is 0 Å². The first-order chi connectivity index (χ1) is 11.9. The van der Waals surface area contributed by atoms with Crippen LogP contribution in [0.2, 0.25) is 0 Å². The summed E-state index contributed by atoms with van der Waals surface area (Å²) in [6.45, 7) is 1.87. The van der Waals surface area contributed by atoms with Gasteiger partial charge in [-0.1, -0.05) is 30.3 Å². The molecule has 128 valence electrons. The Balaban J connectivity index is 1.98. The molecule has 1 amide bonds. The predicted molar refractivity (Wildman–Crippen MR) is 94.5 cm³/mol. The number of fused-ring (bicyclic) bond motifs is 1. The molecule has 0 saturated heterocycles. The maximum absolute atomic E-state index is 12.5. The molecule has 0 aliphatic heterocycles. The average Bonchev–Trinajstić information content (AvgIpc) is 2.64. The number of hydrogen-bond acceptors (Lipinski definition) is 4. The summed E-state index contributed by atoms with van der Waals surface area (Å²) in [5, 5.41) is 3.15. The minimum atomic E-state index is -0.486. The Bertz CT molecular complexity index is 1070. The SMILES string of the molecule is CC(NC(=O)c1ccc2c(=O)n(C)c(=O)n(C)c2n1)c1ccccc1. The van der Waals surface area contributed by atoms with Crippen molar-refractivity contribution in [3.63, 3.8) is 0 Å². The van der Waals surface area contributed by atoms with Gasteiger partial charge in [-0.25, -0.2) is 9.78 Å². The Morgan fingerprint density at radius 2 is 1.72 bits per heavy atom. The number of aromatic nitrogens is 3. The summed E-state index contributed by atoms with van der Waals surface area (Å²) in [6, 6.07) is 12.4. The molecule has 2 aromatic heterocycles. The molecule has 1 unspecified atom stereocenters. The van der Waals surface area contributed by atoms with Crippen LogP contribution < -0.4 is 16.6 Å². The van der Waals surface area contributed by atoms with Gasteiger partial charge in [0.2, 0.25) is 0 Å². The first-order valence-electron chi connectivity index (χ1n) is 7.82. The second kappa shape index (κ2) is 6.35. The molecule has 0 saturated carbocycles. The quantitative estimate of drug-likeness (QED) is 0.775. The molecular formula is C18H18N4O3. The lowest BCUT2D eigenvalue weighted by molar-refractivity contribution is 0.0935. The molecule has 3 rings (SSSR count). The molecule has 0 aliphatic rings. The molecule has 7 heteroatoms. The Labute approximate surface area is 143 Å². The van der Waals surface area contributed by atoms with Gasteiger partial charge in [0.25, 0.3) is 11.5 Å². The van der Waals surface area contributed by atoms with Crippen LogP contribution in [0.5, 0.6) is 0 Å². The van der Waals surface area contributed by atoms with Gasteiger partial charge in [0.1, 0.15) is 11.3 Å². The van der Waals surface area contributed by atoms with Gasteiger partial charge >= 0.3 is 5.69 Å². The highest BCUT2D eigenvalue weighted by Crippen LogP contribution is 2.13. The summed E-state index contributed by atoms with van der Waals surface area (Å²) in [6.07, 6.45) is 0. The van der Waals surface area contributed by atoms with Crippen LogP contribution in [0.1, 0.15) is 29.0 Å². The zero-order valence-electron chi connectivity index (χ0n) is 14.2. The summed E-state index contributed by atoms with van der Waals surface area (Å²) in [4.78, 5) is 40.9. The molecule has 0 aliphatic carbocycles. The lowest BCUT2D eigenvalue weighted by Crippen LogP contribution is -2.37. The summed E-state index contributed by atoms with van der Waals surface area (Å²) in [5.41, 5.74) is 0.389. The van der Waals surface area contributed by atoms with E-state index >= 15 is 0 Å². The van der Waals surface area contributed by atoms with Crippen molar-refractivity contribution in [3.8, 4) is 0 Å². The number of nitrogens with zero attached hydrogens (tertiary/aromatic N) is 3. The van der Waals surface area contributed by atoms with E-state index in [9.17, 15) is 14.4 Å². The molecule has 0 spiro atoms. The molecule has 0 fully saturated rings. The predicted octanol–water partition coefficient (Wildman–Crippen LogP) is 1.12. The normalized spacial score (nSPS) is 12.1. The number of hydrogen-bond donors (Lipinski definition) is 1. The van der Waals surface area contributed by atoms with Gasteiger partial charge in [0.05, 0.1) is 11.4 Å². The third kappa shape index (κ3) is 2.96. The van der Waals surface area contributed by atoms with E-state index < -0.39 is 11.2 Å². The second-order valence-electron chi connectivity index (χ2n) is 5.88. The summed E-state index contributed by atoms with van der Waals surface area (Å²) in [5.74, 6) is -0.369. The Morgan fingerprint density at radius 1 is 1.04 bits per heavy atom. The van der Waals surface area contributed by atoms with Crippen molar-refractivity contribution in [2.24, 2.45) is 14.1 Å². The fourth-order valence-corrected chi connectivity index (χ4v) is 2.68. The minimum absolute atomic E-state index is 0.151. The van der Waals surface area contributed by atoms with E-state index in [2.05, 4.69) is 10.3 Å². The van der Waals surface area contributed by atoms with Crippen molar-refractivity contribution >= 4 is 16.9 Å². The number of carbonyl (C=O) groups excluding carboxylic acids is 1. The molecule has 1 N–H and O–H groups in total. The maximum atomic E-state index is 12.5. The van der Waals surface area contributed by atoms with Crippen LogP contribution in [0.3, 0.4) is 0 Å². The van der Waals surface area contributed by atoms with Gasteiger partial charge in [-0.3, -0.25) is 18.7 Å². The molecule has 0 radical (unpaired) electrons. The third-order valence-electron chi connectivity index (χ3n) is 4.18. The summed E-state index contributed by atoms with van der Waals surface area (Å²) < 4.78 is 2.27. The molecular weight excluding hydrogens is 320 g/mol. The third-order valence-corrected chi connectivity index (χ3v) is 4.18. The maximum Gasteiger partial charge on any atom is 0.332 e. The van der Waals surface area contributed by atoms with Crippen LogP contribution in [-0.2, 0) is 14.1 Å². The molecule has 2 heterocycles. The van der Waals surface area contributed by atoms with Crippen LogP contribution in [0.25, 0.3) is 11.0 Å². The van der Waals surface area contributed by atoms with Gasteiger partial charge in [0, 0.05) is 14.1 Å². The van der Waals surface area contributed by atoms with Crippen LogP contribution in [0, 0.1) is 0 Å². The molecule has 0 bridgehead atoms. The van der Waals surface area contributed by atoms with E-state index in [0.717, 1.165) is 10.1 Å². The Hall–Kier alpha value is -3.22. The standard InChI is InChI=1S/C18H18N4O3/c1-11(12-7-5-4-6-8-12)19-16(23)14-10-9-13-15(20-14)21(2)18(25)22(3)17(13)24/h4-11H,1-3H3,(H,19,23). The largest absolute Gasteiger partial charge is 0.344 e. The molecule has 25 heavy (non-hydrogen) atoms. The topological polar surface area (TPSA) is 86.0 Å². The molecule has 7 nitrogen and oxygen atoms in total. The van der Waals surface area contributed by atoms with Gasteiger partial charge < -0.3 is 5.32 Å². The highest BCUT2D eigenvalue weighted by molar-refractivity contribution is 5.94. The fourth-order valence-electron chi connectivity index (χ4n) is 2.68. The summed E-state index contributed by atoms with van der Waals surface area (Å²) in [7, 11) is 2.93. The zero-order chi connectivity index (χ0) is 18.1. The monoisotopic (exact) mass is 338 g/mol. The number of amides is 1. The Kier molecular flexibility index (Phi) is 4.22. The first kappa shape index (κ1) is 16.6. The van der Waals surface area contributed by atoms with E-state index in [1.165, 1.54) is 30.8 Å². The molecule has 1 atom stereocenters. The van der Waals surface area contributed by atoms with Crippen molar-refractivity contribution in [2.45, 2.75) is 13.0 Å². The van der Waals surface area contributed by atoms with Crippen LogP contribution in [0.15, 0.2) is 52.1 Å². The number of benzene rings is 1. The number of pyridine rings is 1. The second-order valence-corrected chi connectivity index (χ2v) is 5.88. The van der Waals surface area contributed by atoms with Crippen molar-refractivity contribution < 1.29 is 4.79 Å². The highest BCUT2D eigenvalue weighted by Gasteiger charge is 2.16. The zero-order valence-corrected chi connectivity index (χ0v) is 14.2. The van der Waals surface area contributed by atoms with Crippen LogP contribution >= 0.6 is 0 Å². The van der Waals surface area contributed by atoms with Crippen molar-refractivity contribution in [2.75, 3.05) is 0 Å². The van der Waals surface area contributed by atoms with E-state index in [1.54, 1.807) is 0 Å².